The van der Waals surface area contributed by atoms with Crippen LogP contribution < -0.4 is 4.90 Å². The monoisotopic (exact) mass is 709 g/mol. The molecule has 0 aliphatic heterocycles. The van der Waals surface area contributed by atoms with Crippen molar-refractivity contribution in [3.63, 3.8) is 0 Å². The fourth-order valence-corrected chi connectivity index (χ4v) is 8.44. The highest BCUT2D eigenvalue weighted by atomic mass is 16.3. The molecule has 2 aliphatic carbocycles. The summed E-state index contributed by atoms with van der Waals surface area (Å²) in [5.74, 6) is 0.346. The van der Waals surface area contributed by atoms with E-state index in [4.69, 9.17) is 8.83 Å². The van der Waals surface area contributed by atoms with Crippen LogP contribution in [0, 0.1) is 5.92 Å². The number of anilines is 2. The van der Waals surface area contributed by atoms with Crippen molar-refractivity contribution in [2.24, 2.45) is 5.92 Å². The Bertz CT molecular complexity index is 2970. The first-order valence-corrected chi connectivity index (χ1v) is 19.1. The van der Waals surface area contributed by atoms with Gasteiger partial charge in [-0.2, -0.15) is 0 Å². The maximum Gasteiger partial charge on any atom is 0.143 e. The van der Waals surface area contributed by atoms with Crippen LogP contribution in [0.3, 0.4) is 0 Å². The quantitative estimate of drug-likeness (QED) is 0.147. The van der Waals surface area contributed by atoms with E-state index in [9.17, 15) is 0 Å². The highest BCUT2D eigenvalue weighted by Gasteiger charge is 2.26. The second-order valence-electron chi connectivity index (χ2n) is 14.3. The van der Waals surface area contributed by atoms with E-state index in [0.29, 0.717) is 5.92 Å². The van der Waals surface area contributed by atoms with Gasteiger partial charge < -0.3 is 13.7 Å². The van der Waals surface area contributed by atoms with E-state index in [0.717, 1.165) is 96.6 Å². The first-order valence-electron chi connectivity index (χ1n) is 19.1. The molecule has 264 valence electrons. The van der Waals surface area contributed by atoms with E-state index in [1.807, 2.05) is 12.1 Å². The summed E-state index contributed by atoms with van der Waals surface area (Å²) < 4.78 is 13.3. The SMILES string of the molecule is C=C/C=C(\C=C\c1ccc(N(C2=C(c3cccc4c3oc3c5ccccc5ccc43)C=CCC2)c2cccc3oc4ccccc4c23)cc1)C1C=CC=CC1. The Hall–Kier alpha value is -6.84. The first kappa shape index (κ1) is 32.8. The van der Waals surface area contributed by atoms with Crippen molar-refractivity contribution in [2.45, 2.75) is 19.3 Å². The Labute approximate surface area is 320 Å². The summed E-state index contributed by atoms with van der Waals surface area (Å²) in [4.78, 5) is 2.45. The third kappa shape index (κ3) is 5.77. The average Bonchev–Trinajstić information content (AvgIpc) is 3.83. The fraction of sp³-hybridized carbons (Fsp3) is 0.0769. The maximum atomic E-state index is 6.90. The Morgan fingerprint density at radius 3 is 2.36 bits per heavy atom. The van der Waals surface area contributed by atoms with E-state index in [2.05, 4.69) is 181 Å². The smallest absolute Gasteiger partial charge is 0.143 e. The third-order valence-corrected chi connectivity index (χ3v) is 11.1. The van der Waals surface area contributed by atoms with Gasteiger partial charge in [0, 0.05) is 50.0 Å². The summed E-state index contributed by atoms with van der Waals surface area (Å²) >= 11 is 0. The molecule has 2 aliphatic rings. The number of rotatable bonds is 8. The number of furan rings is 2. The van der Waals surface area contributed by atoms with Gasteiger partial charge in [0.1, 0.15) is 22.3 Å². The summed E-state index contributed by atoms with van der Waals surface area (Å²) in [6.45, 7) is 3.98. The molecule has 8 aromatic rings. The van der Waals surface area contributed by atoms with Crippen molar-refractivity contribution in [3.05, 3.63) is 205 Å². The predicted molar refractivity (Wildman–Crippen MR) is 233 cm³/mol. The molecule has 55 heavy (non-hydrogen) atoms. The van der Waals surface area contributed by atoms with Gasteiger partial charge in [0.2, 0.25) is 0 Å². The minimum atomic E-state index is 0.346. The van der Waals surface area contributed by atoms with E-state index < -0.39 is 0 Å². The molecule has 0 amide bonds. The van der Waals surface area contributed by atoms with Crippen LogP contribution in [0.2, 0.25) is 0 Å². The van der Waals surface area contributed by atoms with Crippen LogP contribution >= 0.6 is 0 Å². The van der Waals surface area contributed by atoms with Gasteiger partial charge in [0.25, 0.3) is 0 Å². The van der Waals surface area contributed by atoms with Crippen LogP contribution in [0.25, 0.3) is 66.3 Å². The van der Waals surface area contributed by atoms with Gasteiger partial charge in [-0.3, -0.25) is 0 Å². The van der Waals surface area contributed by atoms with E-state index in [1.54, 1.807) is 0 Å². The van der Waals surface area contributed by atoms with Gasteiger partial charge in [-0.1, -0.05) is 152 Å². The van der Waals surface area contributed by atoms with Crippen LogP contribution in [-0.4, -0.2) is 0 Å². The second kappa shape index (κ2) is 13.9. The van der Waals surface area contributed by atoms with Crippen molar-refractivity contribution in [2.75, 3.05) is 4.90 Å². The number of hydrogen-bond acceptors (Lipinski definition) is 3. The van der Waals surface area contributed by atoms with Crippen LogP contribution in [0.4, 0.5) is 11.4 Å². The lowest BCUT2D eigenvalue weighted by atomic mass is 9.91. The Morgan fingerprint density at radius 1 is 0.691 bits per heavy atom. The third-order valence-electron chi connectivity index (χ3n) is 11.1. The van der Waals surface area contributed by atoms with Crippen molar-refractivity contribution in [3.8, 4) is 0 Å². The number of allylic oxidation sites excluding steroid dienone is 12. The molecule has 0 saturated carbocycles. The number of para-hydroxylation sites is 2. The van der Waals surface area contributed by atoms with Gasteiger partial charge in [-0.05, 0) is 72.2 Å². The summed E-state index contributed by atoms with van der Waals surface area (Å²) in [6.07, 6.45) is 24.5. The molecule has 1 unspecified atom stereocenters. The first-order chi connectivity index (χ1) is 27.2. The Morgan fingerprint density at radius 2 is 1.49 bits per heavy atom. The number of fused-ring (bicyclic) bond motifs is 8. The van der Waals surface area contributed by atoms with Gasteiger partial charge in [-0.15, -0.1) is 0 Å². The molecule has 1 atom stereocenters. The molecule has 2 heterocycles. The molecule has 6 aromatic carbocycles. The van der Waals surface area contributed by atoms with Crippen molar-refractivity contribution < 1.29 is 8.83 Å². The molecule has 3 heteroatoms. The number of hydrogen-bond donors (Lipinski definition) is 0. The molecule has 0 radical (unpaired) electrons. The van der Waals surface area contributed by atoms with Crippen LogP contribution in [0.1, 0.15) is 30.4 Å². The molecule has 10 rings (SSSR count). The lowest BCUT2D eigenvalue weighted by Crippen LogP contribution is -2.19. The van der Waals surface area contributed by atoms with Crippen LogP contribution in [0.5, 0.6) is 0 Å². The van der Waals surface area contributed by atoms with Gasteiger partial charge in [-0.25, -0.2) is 0 Å². The fourth-order valence-electron chi connectivity index (χ4n) is 8.44. The second-order valence-corrected chi connectivity index (χ2v) is 14.3. The lowest BCUT2D eigenvalue weighted by Gasteiger charge is -2.32. The van der Waals surface area contributed by atoms with Crippen molar-refractivity contribution >= 4 is 77.7 Å². The molecule has 0 bridgehead atoms. The Kier molecular flexibility index (Phi) is 8.26. The zero-order valence-electron chi connectivity index (χ0n) is 30.5. The highest BCUT2D eigenvalue weighted by Crippen LogP contribution is 2.46. The lowest BCUT2D eigenvalue weighted by molar-refractivity contribution is 0.669. The number of benzene rings is 6. The molecular weight excluding hydrogens is 671 g/mol. The molecule has 2 aromatic heterocycles. The summed E-state index contributed by atoms with van der Waals surface area (Å²) in [5.41, 5.74) is 11.6. The molecule has 3 nitrogen and oxygen atoms in total. The topological polar surface area (TPSA) is 29.5 Å². The summed E-state index contributed by atoms with van der Waals surface area (Å²) in [6, 6.07) is 43.1. The highest BCUT2D eigenvalue weighted by molar-refractivity contribution is 6.17. The number of nitrogens with zero attached hydrogens (tertiary/aromatic N) is 1. The van der Waals surface area contributed by atoms with E-state index in [-0.39, 0.29) is 0 Å². The maximum absolute atomic E-state index is 6.90. The standard InChI is InChI=1S/C52H39NO2/c1-2-14-36(37-15-4-3-5-16-37)30-27-35-28-32-39(33-29-35)53(47-24-13-26-49-50(47)45-20-9-11-25-48(45)54-49)46-23-10-8-19-41(46)42-21-12-22-43-44-34-31-38-17-6-7-18-40(38)51(44)55-52(42)43/h2-9,11-15,17-22,24-34,37H,1,10,16,23H2/b30-27+,36-14+. The zero-order valence-corrected chi connectivity index (χ0v) is 30.5. The van der Waals surface area contributed by atoms with Gasteiger partial charge in [0.05, 0.1) is 11.1 Å². The molecule has 0 spiro atoms. The summed E-state index contributed by atoms with van der Waals surface area (Å²) in [5, 5.41) is 6.77. The normalized spacial score (nSPS) is 16.1. The minimum Gasteiger partial charge on any atom is -0.456 e. The van der Waals surface area contributed by atoms with Gasteiger partial charge >= 0.3 is 0 Å². The van der Waals surface area contributed by atoms with Crippen LogP contribution in [0.15, 0.2) is 203 Å². The van der Waals surface area contributed by atoms with E-state index in [1.165, 1.54) is 16.7 Å². The summed E-state index contributed by atoms with van der Waals surface area (Å²) in [7, 11) is 0. The molecule has 0 fully saturated rings. The Balaban J connectivity index is 1.16. The van der Waals surface area contributed by atoms with Crippen LogP contribution in [-0.2, 0) is 0 Å². The van der Waals surface area contributed by atoms with E-state index >= 15 is 0 Å². The zero-order chi connectivity index (χ0) is 36.7. The van der Waals surface area contributed by atoms with Crippen molar-refractivity contribution in [1.29, 1.82) is 0 Å². The van der Waals surface area contributed by atoms with Gasteiger partial charge in [0.15, 0.2) is 0 Å². The molecular formula is C52H39NO2. The largest absolute Gasteiger partial charge is 0.456 e. The average molecular weight is 710 g/mol. The molecule has 0 saturated heterocycles. The molecule has 0 N–H and O–H groups in total. The minimum absolute atomic E-state index is 0.346. The predicted octanol–water partition coefficient (Wildman–Crippen LogP) is 14.8. The van der Waals surface area contributed by atoms with Crippen molar-refractivity contribution in [1.82, 2.24) is 0 Å².